The highest BCUT2D eigenvalue weighted by atomic mass is 79.9. The van der Waals surface area contributed by atoms with Crippen LogP contribution in [0.1, 0.15) is 0 Å². The van der Waals surface area contributed by atoms with E-state index in [4.69, 9.17) is 24.3 Å². The zero-order chi connectivity index (χ0) is 33.1. The molecule has 0 aliphatic rings. The molecule has 0 aliphatic heterocycles. The number of benzene rings is 5. The predicted molar refractivity (Wildman–Crippen MR) is 186 cm³/mol. The van der Waals surface area contributed by atoms with Crippen LogP contribution in [0.3, 0.4) is 0 Å². The van der Waals surface area contributed by atoms with Crippen molar-refractivity contribution in [2.45, 2.75) is 0 Å². The third kappa shape index (κ3) is 9.86. The minimum atomic E-state index is -1.47. The second-order valence-electron chi connectivity index (χ2n) is 9.01. The first-order valence-electron chi connectivity index (χ1n) is 13.1. The molecule has 46 heavy (non-hydrogen) atoms. The van der Waals surface area contributed by atoms with Gasteiger partial charge in [0.15, 0.2) is 0 Å². The Morgan fingerprint density at radius 2 is 0.870 bits per heavy atom. The van der Waals surface area contributed by atoms with Crippen molar-refractivity contribution in [1.82, 2.24) is 0 Å². The Labute approximate surface area is 283 Å². The Morgan fingerprint density at radius 3 is 1.24 bits per heavy atom. The molecule has 0 bridgehead atoms. The summed E-state index contributed by atoms with van der Waals surface area (Å²) in [6, 6.07) is 25.4. The van der Waals surface area contributed by atoms with E-state index < -0.39 is 30.4 Å². The van der Waals surface area contributed by atoms with Crippen LogP contribution in [0.4, 0.5) is 17.6 Å². The second kappa shape index (κ2) is 18.4. The standard InChI is InChI=1S/C20H16F2O2.C7H9BO3.C6H2Br2F2.BH4/c1-23-19-9-5-3-7-13(19)15-11-16(18(22)12-17(15)21)14-8-4-6-10-20(14)24-2;1-11-7-5-3-2-4-6(7)8(9)10;7-3-1-4(8)6(10)2-5(3)9;/h3-12H,1-2H3;2-5,9-10H,1H3;1-2H;1H4/q;;;-1. The van der Waals surface area contributed by atoms with Gasteiger partial charge in [-0.05, 0) is 62.2 Å². The predicted octanol–water partition coefficient (Wildman–Crippen LogP) is 6.73. The Kier molecular flexibility index (Phi) is 15.4. The summed E-state index contributed by atoms with van der Waals surface area (Å²) in [5, 5.41) is 17.6. The van der Waals surface area contributed by atoms with Gasteiger partial charge in [-0.25, -0.2) is 17.6 Å². The topological polar surface area (TPSA) is 68.2 Å². The minimum absolute atomic E-state index is 0. The zero-order valence-electron chi connectivity index (χ0n) is 24.2. The molecule has 0 heterocycles. The maximum atomic E-state index is 14.4. The van der Waals surface area contributed by atoms with Gasteiger partial charge in [0.25, 0.3) is 0 Å². The van der Waals surface area contributed by atoms with Gasteiger partial charge in [-0.2, -0.15) is 0 Å². The molecule has 0 aliphatic carbocycles. The minimum Gasteiger partial charge on any atom is -0.497 e. The van der Waals surface area contributed by atoms with Crippen LogP contribution in [0.25, 0.3) is 22.3 Å². The number of ether oxygens (including phenoxy) is 3. The van der Waals surface area contributed by atoms with Crippen LogP contribution >= 0.6 is 31.9 Å². The van der Waals surface area contributed by atoms with Crippen LogP contribution in [0.15, 0.2) is 106 Å². The average Bonchev–Trinajstić information content (AvgIpc) is 3.04. The van der Waals surface area contributed by atoms with Crippen molar-refractivity contribution in [3.63, 3.8) is 0 Å². The number of hydrogen-bond acceptors (Lipinski definition) is 5. The van der Waals surface area contributed by atoms with E-state index in [2.05, 4.69) is 31.9 Å². The van der Waals surface area contributed by atoms with E-state index in [-0.39, 0.29) is 28.5 Å². The van der Waals surface area contributed by atoms with Gasteiger partial charge in [0.2, 0.25) is 0 Å². The lowest BCUT2D eigenvalue weighted by molar-refractivity contribution is 0.403. The number of para-hydroxylation sites is 3. The first-order chi connectivity index (χ1) is 21.5. The van der Waals surface area contributed by atoms with E-state index in [0.717, 1.165) is 12.1 Å². The smallest absolute Gasteiger partial charge is 0.492 e. The molecule has 13 heteroatoms. The van der Waals surface area contributed by atoms with Crippen molar-refractivity contribution in [3.8, 4) is 39.5 Å². The third-order valence-electron chi connectivity index (χ3n) is 6.23. The average molecular weight is 765 g/mol. The van der Waals surface area contributed by atoms with Gasteiger partial charge >= 0.3 is 7.12 Å². The molecule has 0 amide bonds. The number of hydrogen-bond donors (Lipinski definition) is 2. The molecule has 0 fully saturated rings. The molecule has 242 valence electrons. The van der Waals surface area contributed by atoms with Gasteiger partial charge in [0.05, 0.1) is 30.3 Å². The highest BCUT2D eigenvalue weighted by molar-refractivity contribution is 9.11. The van der Waals surface area contributed by atoms with Crippen molar-refractivity contribution >= 4 is 52.9 Å². The lowest BCUT2D eigenvalue weighted by atomic mass is 9.80. The molecule has 5 rings (SSSR count). The van der Waals surface area contributed by atoms with Gasteiger partial charge in [-0.15, -0.1) is 0 Å². The van der Waals surface area contributed by atoms with Crippen molar-refractivity contribution in [1.29, 1.82) is 0 Å². The highest BCUT2D eigenvalue weighted by Gasteiger charge is 2.18. The summed E-state index contributed by atoms with van der Waals surface area (Å²) in [4.78, 5) is 0. The fraction of sp³-hybridized carbons (Fsp3) is 0.0909. The van der Waals surface area contributed by atoms with E-state index >= 15 is 0 Å². The molecular weight excluding hydrogens is 734 g/mol. The number of methoxy groups -OCH3 is 3. The summed E-state index contributed by atoms with van der Waals surface area (Å²) in [6.07, 6.45) is 0. The van der Waals surface area contributed by atoms with Gasteiger partial charge < -0.3 is 24.3 Å². The molecule has 5 aromatic carbocycles. The summed E-state index contributed by atoms with van der Waals surface area (Å²) in [6.45, 7) is 0. The summed E-state index contributed by atoms with van der Waals surface area (Å²) in [7, 11) is 3.05. The van der Waals surface area contributed by atoms with Crippen molar-refractivity contribution in [3.05, 3.63) is 129 Å². The fourth-order valence-corrected chi connectivity index (χ4v) is 5.07. The molecule has 0 aromatic heterocycles. The van der Waals surface area contributed by atoms with Crippen LogP contribution in [0.5, 0.6) is 17.2 Å². The molecule has 2 N–H and O–H groups in total. The van der Waals surface area contributed by atoms with Crippen molar-refractivity contribution in [2.75, 3.05) is 21.3 Å². The zero-order valence-corrected chi connectivity index (χ0v) is 27.4. The summed E-state index contributed by atoms with van der Waals surface area (Å²) < 4.78 is 69.7. The first-order valence-corrected chi connectivity index (χ1v) is 14.7. The van der Waals surface area contributed by atoms with E-state index in [1.807, 2.05) is 0 Å². The molecule has 5 nitrogen and oxygen atoms in total. The summed E-state index contributed by atoms with van der Waals surface area (Å²) in [5.41, 5.74) is 2.06. The van der Waals surface area contributed by atoms with Gasteiger partial charge in [0, 0.05) is 39.8 Å². The SMILES string of the molecule is COc1ccccc1-c1cc(-c2ccccc2OC)c(F)cc1F.COc1ccccc1B(O)O.Fc1cc(F)c(Br)cc1Br.[BH4-]. The van der Waals surface area contributed by atoms with Crippen LogP contribution in [0, 0.1) is 23.3 Å². The largest absolute Gasteiger partial charge is 0.497 e. The van der Waals surface area contributed by atoms with Crippen LogP contribution < -0.4 is 19.7 Å². The highest BCUT2D eigenvalue weighted by Crippen LogP contribution is 2.38. The monoisotopic (exact) mass is 763 g/mol. The molecule has 0 unspecified atom stereocenters. The summed E-state index contributed by atoms with van der Waals surface area (Å²) >= 11 is 5.82. The molecule has 0 saturated carbocycles. The van der Waals surface area contributed by atoms with E-state index in [9.17, 15) is 17.6 Å². The van der Waals surface area contributed by atoms with Crippen molar-refractivity contribution in [2.24, 2.45) is 0 Å². The molecule has 5 aromatic rings. The van der Waals surface area contributed by atoms with E-state index in [1.54, 1.807) is 72.8 Å². The molecular formula is C33H31B2Br2F4O5-. The molecule has 0 saturated heterocycles. The first kappa shape index (κ1) is 38.4. The van der Waals surface area contributed by atoms with Crippen molar-refractivity contribution < 1.29 is 41.8 Å². The maximum absolute atomic E-state index is 14.4. The molecule has 0 radical (unpaired) electrons. The number of rotatable bonds is 6. The lowest BCUT2D eigenvalue weighted by Gasteiger charge is -2.14. The lowest BCUT2D eigenvalue weighted by Crippen LogP contribution is -2.30. The van der Waals surface area contributed by atoms with E-state index in [0.29, 0.717) is 33.8 Å². The normalized spacial score (nSPS) is 9.89. The maximum Gasteiger partial charge on any atom is 0.492 e. The number of halogens is 6. The van der Waals surface area contributed by atoms with Crippen LogP contribution in [-0.4, -0.2) is 46.9 Å². The van der Waals surface area contributed by atoms with Crippen LogP contribution in [-0.2, 0) is 0 Å². The van der Waals surface area contributed by atoms with Gasteiger partial charge in [-0.1, -0.05) is 63.0 Å². The van der Waals surface area contributed by atoms with E-state index in [1.165, 1.54) is 33.5 Å². The van der Waals surface area contributed by atoms with Gasteiger partial charge in [-0.3, -0.25) is 0 Å². The Balaban J connectivity index is 0.000000278. The fourth-order valence-electron chi connectivity index (χ4n) is 4.07. The third-order valence-corrected chi connectivity index (χ3v) is 7.45. The summed E-state index contributed by atoms with van der Waals surface area (Å²) in [5.74, 6) is -0.946. The Morgan fingerprint density at radius 1 is 0.500 bits per heavy atom. The molecule has 0 spiro atoms. The van der Waals surface area contributed by atoms with Crippen LogP contribution in [0.2, 0.25) is 0 Å². The Bertz CT molecular complexity index is 1630. The second-order valence-corrected chi connectivity index (χ2v) is 10.7. The van der Waals surface area contributed by atoms with Gasteiger partial charge in [0.1, 0.15) is 40.5 Å². The quantitative estimate of drug-likeness (QED) is 0.114. The molecule has 0 atom stereocenters. The Hall–Kier alpha value is -3.77.